The number of ether oxygens (including phenoxy) is 1. The maximum Gasteiger partial charge on any atom is 0.240 e. The highest BCUT2D eigenvalue weighted by atomic mass is 32.1. The molecule has 3 rings (SSSR count). The quantitative estimate of drug-likeness (QED) is 0.853. The lowest BCUT2D eigenvalue weighted by molar-refractivity contribution is -0.129. The molecular weight excluding hydrogens is 264 g/mol. The average Bonchev–Trinajstić information content (AvgIpc) is 2.97. The van der Waals surface area contributed by atoms with Crippen LogP contribution in [0.5, 0.6) is 0 Å². The second-order valence-corrected chi connectivity index (χ2v) is 5.42. The molecule has 0 bridgehead atoms. The lowest BCUT2D eigenvalue weighted by Gasteiger charge is -2.29. The minimum atomic E-state index is -0.280. The number of imidazole rings is 1. The molecule has 2 atom stereocenters. The summed E-state index contributed by atoms with van der Waals surface area (Å²) < 4.78 is 7.41. The van der Waals surface area contributed by atoms with E-state index in [1.165, 1.54) is 0 Å². The first kappa shape index (κ1) is 12.6. The SMILES string of the molecule is C[C@H]1OCCN[C@@H]1C(=O)NCc1cn2ccsc2n1. The molecular formula is C12H16N4O2S. The van der Waals surface area contributed by atoms with Gasteiger partial charge in [0.2, 0.25) is 5.91 Å². The first-order valence-electron chi connectivity index (χ1n) is 6.28. The molecule has 3 heterocycles. The number of nitrogens with one attached hydrogen (secondary N) is 2. The Kier molecular flexibility index (Phi) is 3.50. The fraction of sp³-hybridized carbons (Fsp3) is 0.500. The Morgan fingerprint density at radius 2 is 2.63 bits per heavy atom. The maximum atomic E-state index is 12.0. The van der Waals surface area contributed by atoms with Crippen molar-refractivity contribution in [2.24, 2.45) is 0 Å². The summed E-state index contributed by atoms with van der Waals surface area (Å²) in [5.41, 5.74) is 0.865. The fourth-order valence-corrected chi connectivity index (χ4v) is 2.90. The Bertz CT molecular complexity index is 551. The van der Waals surface area contributed by atoms with E-state index in [1.54, 1.807) is 11.3 Å². The summed E-state index contributed by atoms with van der Waals surface area (Å²) in [5.74, 6) is -0.0384. The average molecular weight is 280 g/mol. The number of hydrogen-bond donors (Lipinski definition) is 2. The van der Waals surface area contributed by atoms with Crippen LogP contribution in [-0.2, 0) is 16.1 Å². The lowest BCUT2D eigenvalue weighted by Crippen LogP contribution is -2.55. The van der Waals surface area contributed by atoms with Gasteiger partial charge in [-0.05, 0) is 6.92 Å². The normalized spacial score (nSPS) is 23.6. The molecule has 1 amide bonds. The number of carbonyl (C=O) groups excluding carboxylic acids is 1. The smallest absolute Gasteiger partial charge is 0.240 e. The lowest BCUT2D eigenvalue weighted by atomic mass is 10.1. The number of amides is 1. The molecule has 0 aliphatic carbocycles. The van der Waals surface area contributed by atoms with E-state index >= 15 is 0 Å². The first-order chi connectivity index (χ1) is 9.24. The Hall–Kier alpha value is -1.44. The van der Waals surface area contributed by atoms with Gasteiger partial charge >= 0.3 is 0 Å². The van der Waals surface area contributed by atoms with Crippen molar-refractivity contribution in [3.63, 3.8) is 0 Å². The molecule has 102 valence electrons. The molecule has 2 aromatic heterocycles. The number of thiazole rings is 1. The number of hydrogen-bond acceptors (Lipinski definition) is 5. The molecule has 0 radical (unpaired) electrons. The molecule has 1 fully saturated rings. The summed E-state index contributed by atoms with van der Waals surface area (Å²) in [7, 11) is 0. The largest absolute Gasteiger partial charge is 0.375 e. The van der Waals surface area contributed by atoms with E-state index in [-0.39, 0.29) is 18.1 Å². The van der Waals surface area contributed by atoms with Gasteiger partial charge in [-0.1, -0.05) is 0 Å². The third kappa shape index (κ3) is 2.63. The minimum absolute atomic E-state index is 0.0384. The van der Waals surface area contributed by atoms with Crippen molar-refractivity contribution in [3.8, 4) is 0 Å². The number of aromatic nitrogens is 2. The van der Waals surface area contributed by atoms with Crippen LogP contribution < -0.4 is 10.6 Å². The molecule has 0 saturated carbocycles. The van der Waals surface area contributed by atoms with Crippen LogP contribution in [0, 0.1) is 0 Å². The van der Waals surface area contributed by atoms with Gasteiger partial charge in [0, 0.05) is 24.3 Å². The first-order valence-corrected chi connectivity index (χ1v) is 7.16. The Morgan fingerprint density at radius 3 is 3.42 bits per heavy atom. The van der Waals surface area contributed by atoms with Crippen LogP contribution in [0.1, 0.15) is 12.6 Å². The van der Waals surface area contributed by atoms with Gasteiger partial charge in [-0.2, -0.15) is 0 Å². The molecule has 0 unspecified atom stereocenters. The van der Waals surface area contributed by atoms with Crippen molar-refractivity contribution in [1.82, 2.24) is 20.0 Å². The number of rotatable bonds is 3. The van der Waals surface area contributed by atoms with Crippen LogP contribution in [0.3, 0.4) is 0 Å². The van der Waals surface area contributed by atoms with Crippen LogP contribution >= 0.6 is 11.3 Å². The monoisotopic (exact) mass is 280 g/mol. The van der Waals surface area contributed by atoms with E-state index in [4.69, 9.17) is 4.74 Å². The summed E-state index contributed by atoms with van der Waals surface area (Å²) in [4.78, 5) is 17.4. The van der Waals surface area contributed by atoms with Gasteiger partial charge in [-0.25, -0.2) is 4.98 Å². The Morgan fingerprint density at radius 1 is 1.74 bits per heavy atom. The Balaban J connectivity index is 1.59. The molecule has 19 heavy (non-hydrogen) atoms. The fourth-order valence-electron chi connectivity index (χ4n) is 2.18. The molecule has 2 N–H and O–H groups in total. The van der Waals surface area contributed by atoms with Crippen LogP contribution in [0.25, 0.3) is 4.96 Å². The van der Waals surface area contributed by atoms with Crippen LogP contribution in [0.4, 0.5) is 0 Å². The van der Waals surface area contributed by atoms with Crippen LogP contribution in [0.2, 0.25) is 0 Å². The maximum absolute atomic E-state index is 12.0. The second kappa shape index (κ2) is 5.28. The van der Waals surface area contributed by atoms with Crippen molar-refractivity contribution >= 4 is 22.2 Å². The topological polar surface area (TPSA) is 67.7 Å². The molecule has 1 saturated heterocycles. The van der Waals surface area contributed by atoms with Crippen molar-refractivity contribution in [2.75, 3.05) is 13.2 Å². The molecule has 2 aromatic rings. The Labute approximate surface area is 114 Å². The summed E-state index contributed by atoms with van der Waals surface area (Å²) in [6.07, 6.45) is 3.79. The van der Waals surface area contributed by atoms with Gasteiger partial charge in [0.25, 0.3) is 0 Å². The highest BCUT2D eigenvalue weighted by Gasteiger charge is 2.27. The van der Waals surface area contributed by atoms with Crippen LogP contribution in [0.15, 0.2) is 17.8 Å². The van der Waals surface area contributed by atoms with Gasteiger partial charge < -0.3 is 15.4 Å². The van der Waals surface area contributed by atoms with Crippen molar-refractivity contribution < 1.29 is 9.53 Å². The predicted octanol–water partition coefficient (Wildman–Crippen LogP) is 0.389. The minimum Gasteiger partial charge on any atom is -0.375 e. The third-order valence-corrected chi connectivity index (χ3v) is 3.96. The van der Waals surface area contributed by atoms with Gasteiger partial charge in [-0.3, -0.25) is 9.20 Å². The van der Waals surface area contributed by atoms with E-state index in [2.05, 4.69) is 15.6 Å². The van der Waals surface area contributed by atoms with E-state index in [0.29, 0.717) is 19.7 Å². The molecule has 1 aliphatic heterocycles. The molecule has 1 aliphatic rings. The van der Waals surface area contributed by atoms with Gasteiger partial charge in [0.1, 0.15) is 6.04 Å². The zero-order valence-corrected chi connectivity index (χ0v) is 11.4. The third-order valence-electron chi connectivity index (χ3n) is 3.19. The summed E-state index contributed by atoms with van der Waals surface area (Å²) in [5, 5.41) is 8.04. The molecule has 0 aromatic carbocycles. The molecule has 6 nitrogen and oxygen atoms in total. The van der Waals surface area contributed by atoms with Gasteiger partial charge in [0.05, 0.1) is 24.9 Å². The van der Waals surface area contributed by atoms with Gasteiger partial charge in [0.15, 0.2) is 4.96 Å². The van der Waals surface area contributed by atoms with Gasteiger partial charge in [-0.15, -0.1) is 11.3 Å². The van der Waals surface area contributed by atoms with E-state index < -0.39 is 0 Å². The zero-order valence-electron chi connectivity index (χ0n) is 10.6. The van der Waals surface area contributed by atoms with Crippen molar-refractivity contribution in [3.05, 3.63) is 23.5 Å². The predicted molar refractivity (Wildman–Crippen MR) is 72.1 cm³/mol. The number of morpholine rings is 1. The number of fused-ring (bicyclic) bond motifs is 1. The molecule has 0 spiro atoms. The number of nitrogens with zero attached hydrogens (tertiary/aromatic N) is 2. The highest BCUT2D eigenvalue weighted by molar-refractivity contribution is 7.15. The van der Waals surface area contributed by atoms with Crippen LogP contribution in [-0.4, -0.2) is 40.6 Å². The van der Waals surface area contributed by atoms with E-state index in [9.17, 15) is 4.79 Å². The van der Waals surface area contributed by atoms with E-state index in [1.807, 2.05) is 29.1 Å². The van der Waals surface area contributed by atoms with Crippen molar-refractivity contribution in [1.29, 1.82) is 0 Å². The second-order valence-electron chi connectivity index (χ2n) is 4.55. The molecule has 7 heteroatoms. The summed E-state index contributed by atoms with van der Waals surface area (Å²) in [6.45, 7) is 3.71. The highest BCUT2D eigenvalue weighted by Crippen LogP contribution is 2.11. The van der Waals surface area contributed by atoms with E-state index in [0.717, 1.165) is 10.7 Å². The van der Waals surface area contributed by atoms with Crippen molar-refractivity contribution in [2.45, 2.75) is 25.6 Å². The summed E-state index contributed by atoms with van der Waals surface area (Å²) >= 11 is 1.58. The number of carbonyl (C=O) groups is 1. The summed E-state index contributed by atoms with van der Waals surface area (Å²) in [6, 6.07) is -0.280. The standard InChI is InChI=1S/C12H16N4O2S/c1-8-10(13-2-4-18-8)11(17)14-6-9-7-16-3-5-19-12(16)15-9/h3,5,7-8,10,13H,2,4,6H2,1H3,(H,14,17)/t8-,10+/m1/s1. The zero-order chi connectivity index (χ0) is 13.2.